The number of thioether (sulfide) groups is 1. The summed E-state index contributed by atoms with van der Waals surface area (Å²) in [6, 6.07) is 2.45. The zero-order valence-electron chi connectivity index (χ0n) is 17.8. The van der Waals surface area contributed by atoms with Gasteiger partial charge in [0.2, 0.25) is 0 Å². The average molecular weight is 469 g/mol. The van der Waals surface area contributed by atoms with Gasteiger partial charge in [0.25, 0.3) is 5.56 Å². The molecular weight excluding hydrogens is 447 g/mol. The summed E-state index contributed by atoms with van der Waals surface area (Å²) < 4.78 is 42.3. The number of aryl methyl sites for hydroxylation is 2. The van der Waals surface area contributed by atoms with E-state index in [2.05, 4.69) is 14.9 Å². The second kappa shape index (κ2) is 8.28. The van der Waals surface area contributed by atoms with Gasteiger partial charge in [-0.3, -0.25) is 18.8 Å². The van der Waals surface area contributed by atoms with E-state index in [1.54, 1.807) is 18.7 Å². The summed E-state index contributed by atoms with van der Waals surface area (Å²) in [6.07, 6.45) is -3.53. The molecule has 172 valence electrons. The smallest absolute Gasteiger partial charge is 0.354 e. The molecule has 1 saturated heterocycles. The number of rotatable bonds is 4. The number of hydrogen-bond acceptors (Lipinski definition) is 7. The van der Waals surface area contributed by atoms with Crippen LogP contribution in [0.4, 0.5) is 19.0 Å². The normalized spacial score (nSPS) is 15.6. The lowest BCUT2D eigenvalue weighted by atomic mass is 10.2. The molecule has 0 radical (unpaired) electrons. The van der Waals surface area contributed by atoms with Gasteiger partial charge in [-0.05, 0) is 12.1 Å². The van der Waals surface area contributed by atoms with Gasteiger partial charge in [-0.2, -0.15) is 13.2 Å². The third kappa shape index (κ3) is 4.01. The highest BCUT2D eigenvalue weighted by Gasteiger charge is 2.31. The fourth-order valence-electron chi connectivity index (χ4n) is 3.62. The topological polar surface area (TPSA) is 81.2 Å². The van der Waals surface area contributed by atoms with Crippen LogP contribution in [0.5, 0.6) is 0 Å². The molecule has 0 spiro atoms. The molecule has 0 saturated carbocycles. The Hall–Kier alpha value is -2.80. The lowest BCUT2D eigenvalue weighted by Gasteiger charge is -2.35. The van der Waals surface area contributed by atoms with Crippen LogP contribution in [-0.4, -0.2) is 60.6 Å². The first-order chi connectivity index (χ1) is 15.1. The Balaban J connectivity index is 1.40. The molecule has 3 aromatic heterocycles. The van der Waals surface area contributed by atoms with Gasteiger partial charge in [0.1, 0.15) is 5.82 Å². The van der Waals surface area contributed by atoms with Gasteiger partial charge in [0.05, 0.1) is 11.4 Å². The van der Waals surface area contributed by atoms with Crippen LogP contribution in [0.15, 0.2) is 33.1 Å². The maximum absolute atomic E-state index is 12.7. The van der Waals surface area contributed by atoms with E-state index in [1.807, 2.05) is 4.90 Å². The fourth-order valence-corrected chi connectivity index (χ4v) is 4.62. The van der Waals surface area contributed by atoms with Crippen LogP contribution in [0.1, 0.15) is 5.56 Å². The average Bonchev–Trinajstić information content (AvgIpc) is 3.11. The third-order valence-electron chi connectivity index (χ3n) is 5.58. The van der Waals surface area contributed by atoms with Crippen molar-refractivity contribution in [2.75, 3.05) is 37.0 Å². The molecule has 0 atom stereocenters. The zero-order chi connectivity index (χ0) is 23.2. The highest BCUT2D eigenvalue weighted by molar-refractivity contribution is 7.99. The number of halogens is 3. The van der Waals surface area contributed by atoms with E-state index in [9.17, 15) is 22.8 Å². The Morgan fingerprint density at radius 3 is 2.28 bits per heavy atom. The van der Waals surface area contributed by atoms with Crippen molar-refractivity contribution >= 4 is 28.7 Å². The monoisotopic (exact) mass is 469 g/mol. The van der Waals surface area contributed by atoms with E-state index < -0.39 is 17.4 Å². The van der Waals surface area contributed by atoms with E-state index in [0.29, 0.717) is 54.2 Å². The number of pyridine rings is 1. The zero-order valence-corrected chi connectivity index (χ0v) is 18.6. The maximum atomic E-state index is 12.7. The fraction of sp³-hybridized carbons (Fsp3) is 0.474. The molecule has 9 nitrogen and oxygen atoms in total. The molecule has 13 heteroatoms. The number of alkyl halides is 3. The molecule has 1 aliphatic heterocycles. The molecule has 4 rings (SSSR count). The van der Waals surface area contributed by atoms with E-state index >= 15 is 0 Å². The first kappa shape index (κ1) is 22.4. The van der Waals surface area contributed by atoms with Crippen molar-refractivity contribution < 1.29 is 13.2 Å². The highest BCUT2D eigenvalue weighted by Crippen LogP contribution is 2.29. The summed E-state index contributed by atoms with van der Waals surface area (Å²) >= 11 is 1.47. The first-order valence-electron chi connectivity index (χ1n) is 9.83. The minimum atomic E-state index is -4.40. The minimum Gasteiger partial charge on any atom is -0.354 e. The Kier molecular flexibility index (Phi) is 5.79. The summed E-state index contributed by atoms with van der Waals surface area (Å²) in [5.74, 6) is 1.15. The van der Waals surface area contributed by atoms with E-state index in [-0.39, 0.29) is 5.56 Å². The van der Waals surface area contributed by atoms with Gasteiger partial charge in [-0.25, -0.2) is 14.8 Å². The van der Waals surface area contributed by atoms with Gasteiger partial charge >= 0.3 is 11.9 Å². The van der Waals surface area contributed by atoms with Crippen LogP contribution < -0.4 is 16.1 Å². The molecule has 0 unspecified atom stereocenters. The van der Waals surface area contributed by atoms with Gasteiger partial charge in [0, 0.05) is 53.5 Å². The van der Waals surface area contributed by atoms with Crippen molar-refractivity contribution in [2.45, 2.75) is 11.3 Å². The summed E-state index contributed by atoms with van der Waals surface area (Å²) in [5, 5.41) is 0.630. The Morgan fingerprint density at radius 2 is 1.69 bits per heavy atom. The number of imidazole rings is 1. The Labute approximate surface area is 185 Å². The summed E-state index contributed by atoms with van der Waals surface area (Å²) in [5.41, 5.74) is -0.851. The van der Waals surface area contributed by atoms with Crippen molar-refractivity contribution in [3.63, 3.8) is 0 Å². The predicted octanol–water partition coefficient (Wildman–Crippen LogP) is 1.26. The van der Waals surface area contributed by atoms with Crippen LogP contribution in [-0.2, 0) is 27.3 Å². The van der Waals surface area contributed by atoms with Crippen molar-refractivity contribution in [1.82, 2.24) is 28.6 Å². The van der Waals surface area contributed by atoms with Gasteiger partial charge < -0.3 is 9.47 Å². The van der Waals surface area contributed by atoms with Crippen molar-refractivity contribution in [3.8, 4) is 0 Å². The van der Waals surface area contributed by atoms with Gasteiger partial charge in [0.15, 0.2) is 16.3 Å². The lowest BCUT2D eigenvalue weighted by Crippen LogP contribution is -2.46. The molecular formula is C19H22F3N7O2S. The van der Waals surface area contributed by atoms with E-state index in [1.165, 1.54) is 29.4 Å². The Bertz CT molecular complexity index is 1260. The third-order valence-corrected chi connectivity index (χ3v) is 6.70. The van der Waals surface area contributed by atoms with Crippen LogP contribution in [0.2, 0.25) is 0 Å². The number of anilines is 1. The summed E-state index contributed by atoms with van der Waals surface area (Å²) in [6.45, 7) is 2.69. The molecule has 4 heterocycles. The molecule has 0 amide bonds. The van der Waals surface area contributed by atoms with Crippen molar-refractivity contribution in [2.24, 2.45) is 21.1 Å². The number of piperazine rings is 1. The second-order valence-corrected chi connectivity index (χ2v) is 8.52. The molecule has 1 fully saturated rings. The molecule has 0 bridgehead atoms. The Morgan fingerprint density at radius 1 is 1.00 bits per heavy atom. The molecule has 1 aliphatic rings. The second-order valence-electron chi connectivity index (χ2n) is 7.61. The van der Waals surface area contributed by atoms with Crippen LogP contribution in [0.25, 0.3) is 11.2 Å². The van der Waals surface area contributed by atoms with Crippen molar-refractivity contribution in [1.29, 1.82) is 0 Å². The minimum absolute atomic E-state index is 0.348. The van der Waals surface area contributed by atoms with E-state index in [4.69, 9.17) is 0 Å². The highest BCUT2D eigenvalue weighted by atomic mass is 32.2. The molecule has 0 aliphatic carbocycles. The van der Waals surface area contributed by atoms with Crippen LogP contribution in [0.3, 0.4) is 0 Å². The maximum Gasteiger partial charge on any atom is 0.417 e. The number of nitrogens with zero attached hydrogens (tertiary/aromatic N) is 7. The predicted molar refractivity (Wildman–Crippen MR) is 115 cm³/mol. The quantitative estimate of drug-likeness (QED) is 0.532. The standard InChI is InChI=1S/C19H22F3N7O2S/c1-25-14-15(26(2)18(31)27(3)16(14)30)24-17(25)32-11-28-6-8-29(9-7-28)13-5-4-12(10-23-13)19(20,21)22/h4-5,10H,6-9,11H2,1-3H3. The summed E-state index contributed by atoms with van der Waals surface area (Å²) in [7, 11) is 4.77. The van der Waals surface area contributed by atoms with Gasteiger partial charge in [-0.1, -0.05) is 11.8 Å². The van der Waals surface area contributed by atoms with E-state index in [0.717, 1.165) is 16.8 Å². The number of aromatic nitrogens is 5. The summed E-state index contributed by atoms with van der Waals surface area (Å²) in [4.78, 5) is 37.2. The van der Waals surface area contributed by atoms with Crippen LogP contribution >= 0.6 is 11.8 Å². The molecule has 0 aromatic carbocycles. The molecule has 32 heavy (non-hydrogen) atoms. The first-order valence-corrected chi connectivity index (χ1v) is 10.8. The van der Waals surface area contributed by atoms with Crippen LogP contribution in [0, 0.1) is 0 Å². The lowest BCUT2D eigenvalue weighted by molar-refractivity contribution is -0.137. The molecule has 0 N–H and O–H groups in total. The molecule has 3 aromatic rings. The largest absolute Gasteiger partial charge is 0.417 e. The number of hydrogen-bond donors (Lipinski definition) is 0. The number of fused-ring (bicyclic) bond motifs is 1. The van der Waals surface area contributed by atoms with Crippen molar-refractivity contribution in [3.05, 3.63) is 44.7 Å². The SMILES string of the molecule is Cn1c(=O)c2c(nc(SCN3CCN(c4ccc(C(F)(F)F)cn4)CC3)n2C)n(C)c1=O. The van der Waals surface area contributed by atoms with Gasteiger partial charge in [-0.15, -0.1) is 0 Å².